The Morgan fingerprint density at radius 1 is 1.03 bits per heavy atom. The molecule has 0 aliphatic carbocycles. The summed E-state index contributed by atoms with van der Waals surface area (Å²) in [5.74, 6) is 1.36. The summed E-state index contributed by atoms with van der Waals surface area (Å²) in [6, 6.07) is 18.7. The highest BCUT2D eigenvalue weighted by Crippen LogP contribution is 2.22. The number of nitrogens with zero attached hydrogens (tertiary/aromatic N) is 2. The second kappa shape index (κ2) is 10.6. The van der Waals surface area contributed by atoms with Gasteiger partial charge in [-0.15, -0.1) is 0 Å². The quantitative estimate of drug-likeness (QED) is 0.174. The van der Waals surface area contributed by atoms with Gasteiger partial charge in [0.25, 0.3) is 5.69 Å². The number of nitro benzene ring substituents is 1. The van der Waals surface area contributed by atoms with Crippen molar-refractivity contribution in [2.45, 2.75) is 0 Å². The lowest BCUT2D eigenvalue weighted by molar-refractivity contribution is -0.384. The van der Waals surface area contributed by atoms with E-state index in [1.165, 1.54) is 12.1 Å². The van der Waals surface area contributed by atoms with E-state index in [9.17, 15) is 10.1 Å². The van der Waals surface area contributed by atoms with E-state index in [2.05, 4.69) is 26.5 Å². The summed E-state index contributed by atoms with van der Waals surface area (Å²) in [6.45, 7) is 0.718. The van der Waals surface area contributed by atoms with Gasteiger partial charge in [0, 0.05) is 27.2 Å². The predicted octanol–water partition coefficient (Wildman–Crippen LogP) is 5.91. The maximum absolute atomic E-state index is 10.7. The molecule has 0 fully saturated rings. The van der Waals surface area contributed by atoms with Crippen LogP contribution in [0.1, 0.15) is 5.56 Å². The van der Waals surface area contributed by atoms with E-state index in [4.69, 9.17) is 21.1 Å². The Bertz CT molecular complexity index is 1030. The van der Waals surface area contributed by atoms with Gasteiger partial charge in [-0.05, 0) is 54.6 Å². The third-order valence-electron chi connectivity index (χ3n) is 3.87. The Labute approximate surface area is 186 Å². The van der Waals surface area contributed by atoms with Crippen molar-refractivity contribution < 1.29 is 14.4 Å². The summed E-state index contributed by atoms with van der Waals surface area (Å²) in [5, 5.41) is 15.4. The zero-order valence-corrected chi connectivity index (χ0v) is 18.0. The Morgan fingerprint density at radius 2 is 1.73 bits per heavy atom. The van der Waals surface area contributed by atoms with Gasteiger partial charge in [0.2, 0.25) is 0 Å². The van der Waals surface area contributed by atoms with Crippen LogP contribution >= 0.6 is 27.5 Å². The van der Waals surface area contributed by atoms with Gasteiger partial charge in [0.05, 0.1) is 16.8 Å². The first-order chi connectivity index (χ1) is 14.5. The molecular weight excluding hydrogens is 474 g/mol. The number of halogens is 2. The zero-order chi connectivity index (χ0) is 21.3. The molecule has 0 aromatic heterocycles. The molecule has 3 aromatic carbocycles. The van der Waals surface area contributed by atoms with Crippen molar-refractivity contribution in [2.24, 2.45) is 5.10 Å². The average molecular weight is 491 g/mol. The van der Waals surface area contributed by atoms with Crippen LogP contribution < -0.4 is 14.9 Å². The second-order valence-electron chi connectivity index (χ2n) is 6.01. The number of hydrogen-bond acceptors (Lipinski definition) is 6. The van der Waals surface area contributed by atoms with Gasteiger partial charge in [-0.25, -0.2) is 0 Å². The number of ether oxygens (including phenoxy) is 2. The number of anilines is 1. The SMILES string of the molecule is O=[N+]([O-])c1ccc(NN=Cc2cc(Cl)ccc2OCCOc2ccc(Br)cc2)cc1. The fourth-order valence-corrected chi connectivity index (χ4v) is 2.87. The molecule has 0 radical (unpaired) electrons. The van der Waals surface area contributed by atoms with Crippen LogP contribution in [0.15, 0.2) is 76.3 Å². The molecule has 0 heterocycles. The molecule has 0 amide bonds. The normalized spacial score (nSPS) is 10.7. The molecule has 9 heteroatoms. The summed E-state index contributed by atoms with van der Waals surface area (Å²) in [5.41, 5.74) is 4.13. The summed E-state index contributed by atoms with van der Waals surface area (Å²) in [7, 11) is 0. The lowest BCUT2D eigenvalue weighted by Crippen LogP contribution is -2.10. The molecular formula is C21H17BrClN3O4. The minimum Gasteiger partial charge on any atom is -0.490 e. The fourth-order valence-electron chi connectivity index (χ4n) is 2.43. The minimum absolute atomic E-state index is 0.0143. The molecule has 3 aromatic rings. The van der Waals surface area contributed by atoms with Gasteiger partial charge < -0.3 is 9.47 Å². The lowest BCUT2D eigenvalue weighted by atomic mass is 10.2. The summed E-state index contributed by atoms with van der Waals surface area (Å²) in [4.78, 5) is 10.2. The molecule has 30 heavy (non-hydrogen) atoms. The van der Waals surface area contributed by atoms with E-state index < -0.39 is 4.92 Å². The van der Waals surface area contributed by atoms with Crippen molar-refractivity contribution in [3.8, 4) is 11.5 Å². The number of non-ortho nitro benzene ring substituents is 1. The van der Waals surface area contributed by atoms with E-state index in [1.54, 1.807) is 36.5 Å². The first-order valence-electron chi connectivity index (χ1n) is 8.85. The van der Waals surface area contributed by atoms with E-state index in [1.807, 2.05) is 24.3 Å². The van der Waals surface area contributed by atoms with Crippen LogP contribution in [0.2, 0.25) is 5.02 Å². The van der Waals surface area contributed by atoms with Gasteiger partial charge in [0.15, 0.2) is 0 Å². The minimum atomic E-state index is -0.455. The first-order valence-corrected chi connectivity index (χ1v) is 10.0. The molecule has 7 nitrogen and oxygen atoms in total. The van der Waals surface area contributed by atoms with Crippen LogP contribution in [-0.2, 0) is 0 Å². The fraction of sp³-hybridized carbons (Fsp3) is 0.0952. The molecule has 0 aliphatic heterocycles. The van der Waals surface area contributed by atoms with E-state index in [0.29, 0.717) is 35.2 Å². The van der Waals surface area contributed by atoms with Crippen LogP contribution in [-0.4, -0.2) is 24.4 Å². The van der Waals surface area contributed by atoms with Gasteiger partial charge in [-0.3, -0.25) is 15.5 Å². The summed E-state index contributed by atoms with van der Waals surface area (Å²) in [6.07, 6.45) is 1.57. The van der Waals surface area contributed by atoms with Gasteiger partial charge in [0.1, 0.15) is 24.7 Å². The van der Waals surface area contributed by atoms with Gasteiger partial charge in [-0.2, -0.15) is 5.10 Å². The van der Waals surface area contributed by atoms with Crippen molar-refractivity contribution >= 4 is 45.1 Å². The van der Waals surface area contributed by atoms with E-state index >= 15 is 0 Å². The first kappa shape index (κ1) is 21.6. The van der Waals surface area contributed by atoms with Crippen molar-refractivity contribution in [3.63, 3.8) is 0 Å². The van der Waals surface area contributed by atoms with Gasteiger partial charge >= 0.3 is 0 Å². The van der Waals surface area contributed by atoms with E-state index in [0.717, 1.165) is 10.2 Å². The number of benzene rings is 3. The highest BCUT2D eigenvalue weighted by molar-refractivity contribution is 9.10. The maximum Gasteiger partial charge on any atom is 0.269 e. The molecule has 0 spiro atoms. The predicted molar refractivity (Wildman–Crippen MR) is 121 cm³/mol. The number of nitro groups is 1. The summed E-state index contributed by atoms with van der Waals surface area (Å²) >= 11 is 9.46. The molecule has 3 rings (SSSR count). The highest BCUT2D eigenvalue weighted by Gasteiger charge is 2.05. The van der Waals surface area contributed by atoms with Gasteiger partial charge in [-0.1, -0.05) is 27.5 Å². The van der Waals surface area contributed by atoms with Crippen molar-refractivity contribution in [2.75, 3.05) is 18.6 Å². The number of nitrogens with one attached hydrogen (secondary N) is 1. The van der Waals surface area contributed by atoms with Crippen LogP contribution in [0.3, 0.4) is 0 Å². The summed E-state index contributed by atoms with van der Waals surface area (Å²) < 4.78 is 12.4. The topological polar surface area (TPSA) is 86.0 Å². The van der Waals surface area contributed by atoms with Crippen molar-refractivity contribution in [3.05, 3.63) is 91.9 Å². The Balaban J connectivity index is 1.56. The monoisotopic (exact) mass is 489 g/mol. The molecule has 0 aliphatic rings. The zero-order valence-electron chi connectivity index (χ0n) is 15.6. The standard InChI is InChI=1S/C21H17BrClN3O4/c22-16-1-8-20(9-2-16)29-11-12-30-21-10-3-17(23)13-15(21)14-24-25-18-4-6-19(7-5-18)26(27)28/h1-10,13-14,25H,11-12H2. The van der Waals surface area contributed by atoms with Crippen LogP contribution in [0.25, 0.3) is 0 Å². The smallest absolute Gasteiger partial charge is 0.269 e. The maximum atomic E-state index is 10.7. The molecule has 0 unspecified atom stereocenters. The molecule has 0 bridgehead atoms. The third-order valence-corrected chi connectivity index (χ3v) is 4.63. The van der Waals surface area contributed by atoms with Crippen molar-refractivity contribution in [1.29, 1.82) is 0 Å². The van der Waals surface area contributed by atoms with Crippen LogP contribution in [0, 0.1) is 10.1 Å². The Kier molecular flexibility index (Phi) is 7.64. The Hall–Kier alpha value is -3.10. The molecule has 154 valence electrons. The second-order valence-corrected chi connectivity index (χ2v) is 7.36. The third kappa shape index (κ3) is 6.47. The molecule has 0 saturated heterocycles. The van der Waals surface area contributed by atoms with Crippen molar-refractivity contribution in [1.82, 2.24) is 0 Å². The largest absolute Gasteiger partial charge is 0.490 e. The molecule has 1 N–H and O–H groups in total. The highest BCUT2D eigenvalue weighted by atomic mass is 79.9. The van der Waals surface area contributed by atoms with Crippen LogP contribution in [0.5, 0.6) is 11.5 Å². The van der Waals surface area contributed by atoms with Crippen LogP contribution in [0.4, 0.5) is 11.4 Å². The van der Waals surface area contributed by atoms with E-state index in [-0.39, 0.29) is 5.69 Å². The molecule has 0 saturated carbocycles. The Morgan fingerprint density at radius 3 is 2.43 bits per heavy atom. The number of rotatable bonds is 9. The molecule has 0 atom stereocenters. The lowest BCUT2D eigenvalue weighted by Gasteiger charge is -2.11. The number of hydrazone groups is 1. The average Bonchev–Trinajstić information content (AvgIpc) is 2.74. The number of hydrogen-bond donors (Lipinski definition) is 1.